The number of aromatic nitrogens is 1. The summed E-state index contributed by atoms with van der Waals surface area (Å²) in [7, 11) is 0. The van der Waals surface area contributed by atoms with Gasteiger partial charge < -0.3 is 9.73 Å². The molecule has 0 aliphatic heterocycles. The van der Waals surface area contributed by atoms with Crippen LogP contribution in [-0.2, 0) is 6.54 Å². The molecule has 134 valence electrons. The molecule has 2 heterocycles. The van der Waals surface area contributed by atoms with E-state index in [0.29, 0.717) is 24.2 Å². The molecule has 0 saturated carbocycles. The minimum atomic E-state index is -0.299. The quantitative estimate of drug-likeness (QED) is 0.448. The minimum absolute atomic E-state index is 0.190. The number of pyridine rings is 1. The van der Waals surface area contributed by atoms with Crippen molar-refractivity contribution in [3.8, 4) is 0 Å². The first kappa shape index (κ1) is 17.6. The van der Waals surface area contributed by atoms with Crippen molar-refractivity contribution in [2.45, 2.75) is 19.9 Å². The van der Waals surface area contributed by atoms with Crippen molar-refractivity contribution in [1.82, 2.24) is 21.2 Å². The van der Waals surface area contributed by atoms with E-state index in [1.807, 2.05) is 6.92 Å². The number of carbonyl (C=O) groups is 2. The fourth-order valence-corrected chi connectivity index (χ4v) is 2.38. The predicted molar refractivity (Wildman–Crippen MR) is 97.4 cm³/mol. The summed E-state index contributed by atoms with van der Waals surface area (Å²) >= 11 is 0. The van der Waals surface area contributed by atoms with Crippen LogP contribution in [0.3, 0.4) is 0 Å². The number of hydrogen-bond acceptors (Lipinski definition) is 5. The Morgan fingerprint density at radius 2 is 1.92 bits per heavy atom. The molecule has 1 aromatic carbocycles. The molecule has 0 bridgehead atoms. The lowest BCUT2D eigenvalue weighted by Gasteiger charge is -2.07. The minimum Gasteiger partial charge on any atom is -0.451 e. The molecule has 0 spiro atoms. The van der Waals surface area contributed by atoms with Gasteiger partial charge in [-0.25, -0.2) is 5.43 Å². The zero-order valence-corrected chi connectivity index (χ0v) is 14.4. The van der Waals surface area contributed by atoms with Crippen LogP contribution in [0.1, 0.15) is 39.8 Å². The molecule has 3 aromatic rings. The molecule has 3 N–H and O–H groups in total. The molecule has 0 unspecified atom stereocenters. The Hall–Kier alpha value is -3.19. The number of carbonyl (C=O) groups excluding carboxylic acids is 2. The molecular weight excluding hydrogens is 332 g/mol. The van der Waals surface area contributed by atoms with Crippen LogP contribution in [0, 0.1) is 0 Å². The summed E-state index contributed by atoms with van der Waals surface area (Å²) in [6.45, 7) is 3.07. The molecule has 2 aromatic heterocycles. The Morgan fingerprint density at radius 3 is 2.65 bits per heavy atom. The lowest BCUT2D eigenvalue weighted by molar-refractivity contribution is 0.0919. The van der Waals surface area contributed by atoms with Crippen molar-refractivity contribution in [1.29, 1.82) is 0 Å². The van der Waals surface area contributed by atoms with Gasteiger partial charge in [-0.3, -0.25) is 20.0 Å². The summed E-state index contributed by atoms with van der Waals surface area (Å²) in [5.41, 5.74) is 7.53. The summed E-state index contributed by atoms with van der Waals surface area (Å²) < 4.78 is 5.50. The average molecular weight is 352 g/mol. The lowest BCUT2D eigenvalue weighted by Crippen LogP contribution is -2.37. The second kappa shape index (κ2) is 8.26. The van der Waals surface area contributed by atoms with Crippen molar-refractivity contribution < 1.29 is 14.0 Å². The second-order valence-electron chi connectivity index (χ2n) is 5.78. The summed E-state index contributed by atoms with van der Waals surface area (Å²) in [5.74, 6) is -0.247. The van der Waals surface area contributed by atoms with E-state index >= 15 is 0 Å². The van der Waals surface area contributed by atoms with Crippen molar-refractivity contribution in [2.24, 2.45) is 0 Å². The number of fused-ring (bicyclic) bond motifs is 1. The van der Waals surface area contributed by atoms with Crippen LogP contribution in [0.2, 0.25) is 0 Å². The maximum atomic E-state index is 12.2. The van der Waals surface area contributed by atoms with Crippen LogP contribution in [0.25, 0.3) is 11.0 Å². The maximum Gasteiger partial charge on any atom is 0.287 e. The van der Waals surface area contributed by atoms with E-state index in [4.69, 9.17) is 4.42 Å². The Kier molecular flexibility index (Phi) is 5.60. The van der Waals surface area contributed by atoms with Gasteiger partial charge in [0.2, 0.25) is 0 Å². The highest BCUT2D eigenvalue weighted by molar-refractivity contribution is 5.96. The normalized spacial score (nSPS) is 10.7. The van der Waals surface area contributed by atoms with Crippen LogP contribution in [0.4, 0.5) is 0 Å². The van der Waals surface area contributed by atoms with E-state index < -0.39 is 0 Å². The van der Waals surface area contributed by atoms with E-state index in [9.17, 15) is 9.59 Å². The first-order valence-corrected chi connectivity index (χ1v) is 8.41. The SMILES string of the molecule is CCCNNC(=O)c1ccc(CNC(=O)c2cc3cnccc3o2)cc1. The van der Waals surface area contributed by atoms with E-state index in [2.05, 4.69) is 21.2 Å². The summed E-state index contributed by atoms with van der Waals surface area (Å²) in [6, 6.07) is 10.4. The highest BCUT2D eigenvalue weighted by Gasteiger charge is 2.12. The van der Waals surface area contributed by atoms with Gasteiger partial charge in [0.25, 0.3) is 11.8 Å². The Labute approximate surface area is 150 Å². The van der Waals surface area contributed by atoms with Gasteiger partial charge in [0.1, 0.15) is 5.58 Å². The number of nitrogens with zero attached hydrogens (tertiary/aromatic N) is 1. The molecule has 0 aliphatic carbocycles. The fourth-order valence-electron chi connectivity index (χ4n) is 2.38. The van der Waals surface area contributed by atoms with E-state index in [1.165, 1.54) is 0 Å². The second-order valence-corrected chi connectivity index (χ2v) is 5.78. The van der Waals surface area contributed by atoms with Crippen LogP contribution in [-0.4, -0.2) is 23.3 Å². The van der Waals surface area contributed by atoms with Crippen molar-refractivity contribution in [3.05, 3.63) is 65.7 Å². The Bertz CT molecular complexity index is 870. The number of benzene rings is 1. The number of rotatable bonds is 7. The van der Waals surface area contributed by atoms with E-state index in [0.717, 1.165) is 17.4 Å². The van der Waals surface area contributed by atoms with Gasteiger partial charge in [0.05, 0.1) is 0 Å². The molecule has 0 fully saturated rings. The zero-order valence-electron chi connectivity index (χ0n) is 14.4. The van der Waals surface area contributed by atoms with Crippen molar-refractivity contribution >= 4 is 22.8 Å². The molecule has 0 saturated heterocycles. The molecule has 26 heavy (non-hydrogen) atoms. The van der Waals surface area contributed by atoms with Crippen LogP contribution >= 0.6 is 0 Å². The molecule has 0 radical (unpaired) electrons. The number of nitrogens with one attached hydrogen (secondary N) is 3. The molecular formula is C19H20N4O3. The van der Waals surface area contributed by atoms with Gasteiger partial charge in [0.15, 0.2) is 5.76 Å². The Balaban J connectivity index is 1.55. The molecule has 0 atom stereocenters. The third-order valence-corrected chi connectivity index (χ3v) is 3.79. The average Bonchev–Trinajstić information content (AvgIpc) is 3.11. The molecule has 3 rings (SSSR count). The fraction of sp³-hybridized carbons (Fsp3) is 0.211. The molecule has 7 heteroatoms. The standard InChI is InChI=1S/C19H20N4O3/c1-2-8-22-23-18(24)14-5-3-13(4-6-14)11-21-19(25)17-10-15-12-20-9-7-16(15)26-17/h3-7,9-10,12,22H,2,8,11H2,1H3,(H,21,25)(H,23,24). The predicted octanol–water partition coefficient (Wildman–Crippen LogP) is 2.40. The Morgan fingerprint density at radius 1 is 1.12 bits per heavy atom. The third-order valence-electron chi connectivity index (χ3n) is 3.79. The maximum absolute atomic E-state index is 12.2. The monoisotopic (exact) mass is 352 g/mol. The van der Waals surface area contributed by atoms with Gasteiger partial charge in [-0.1, -0.05) is 19.1 Å². The van der Waals surface area contributed by atoms with Gasteiger partial charge in [-0.05, 0) is 36.2 Å². The van der Waals surface area contributed by atoms with Gasteiger partial charge >= 0.3 is 0 Å². The topological polar surface area (TPSA) is 96.3 Å². The van der Waals surface area contributed by atoms with Crippen LogP contribution < -0.4 is 16.2 Å². The zero-order chi connectivity index (χ0) is 18.4. The number of hydrazine groups is 1. The van der Waals surface area contributed by atoms with Crippen molar-refractivity contribution in [3.63, 3.8) is 0 Å². The van der Waals surface area contributed by atoms with Crippen LogP contribution in [0.5, 0.6) is 0 Å². The van der Waals surface area contributed by atoms with Gasteiger partial charge in [-0.2, -0.15) is 0 Å². The third kappa shape index (κ3) is 4.25. The first-order valence-electron chi connectivity index (χ1n) is 8.41. The van der Waals surface area contributed by atoms with Gasteiger partial charge in [-0.15, -0.1) is 0 Å². The largest absolute Gasteiger partial charge is 0.451 e. The van der Waals surface area contributed by atoms with Gasteiger partial charge in [0, 0.05) is 36.4 Å². The highest BCUT2D eigenvalue weighted by atomic mass is 16.3. The molecule has 0 aliphatic rings. The van der Waals surface area contributed by atoms with Crippen molar-refractivity contribution in [2.75, 3.05) is 6.54 Å². The number of hydrogen-bond donors (Lipinski definition) is 3. The summed E-state index contributed by atoms with van der Waals surface area (Å²) in [5, 5.41) is 3.58. The molecule has 7 nitrogen and oxygen atoms in total. The molecule has 2 amide bonds. The highest BCUT2D eigenvalue weighted by Crippen LogP contribution is 2.17. The van der Waals surface area contributed by atoms with Crippen LogP contribution in [0.15, 0.2) is 53.2 Å². The lowest BCUT2D eigenvalue weighted by atomic mass is 10.1. The number of amides is 2. The number of furan rings is 1. The summed E-state index contributed by atoms with van der Waals surface area (Å²) in [6.07, 6.45) is 4.19. The van der Waals surface area contributed by atoms with E-state index in [-0.39, 0.29) is 17.6 Å². The smallest absolute Gasteiger partial charge is 0.287 e. The van der Waals surface area contributed by atoms with E-state index in [1.54, 1.807) is 48.8 Å². The summed E-state index contributed by atoms with van der Waals surface area (Å²) in [4.78, 5) is 28.1. The first-order chi connectivity index (χ1) is 12.7.